The molecule has 0 unspecified atom stereocenters. The molecule has 1 aromatic heterocycles. The van der Waals surface area contributed by atoms with Gasteiger partial charge in [0, 0.05) is 22.4 Å². The third-order valence-corrected chi connectivity index (χ3v) is 4.90. The van der Waals surface area contributed by atoms with Gasteiger partial charge in [-0.1, -0.05) is 11.8 Å². The number of amidine groups is 1. The molecule has 5 nitrogen and oxygen atoms in total. The van der Waals surface area contributed by atoms with Gasteiger partial charge in [0.1, 0.15) is 10.9 Å². The molecule has 0 aliphatic rings. The number of nitrogen functional groups attached to an aromatic ring is 1. The normalized spacial score (nSPS) is 11.3. The summed E-state index contributed by atoms with van der Waals surface area (Å²) in [6.07, 6.45) is 1.17. The van der Waals surface area contributed by atoms with E-state index in [1.165, 1.54) is 18.0 Å². The van der Waals surface area contributed by atoms with Gasteiger partial charge in [0.15, 0.2) is 9.84 Å². The zero-order valence-electron chi connectivity index (χ0n) is 11.6. The summed E-state index contributed by atoms with van der Waals surface area (Å²) in [6, 6.07) is 10.1. The number of nitrogens with one attached hydrogen (secondary N) is 1. The van der Waals surface area contributed by atoms with Gasteiger partial charge >= 0.3 is 0 Å². The summed E-state index contributed by atoms with van der Waals surface area (Å²) in [5.41, 5.74) is 6.95. The van der Waals surface area contributed by atoms with Gasteiger partial charge in [-0.25, -0.2) is 13.4 Å². The van der Waals surface area contributed by atoms with E-state index in [1.54, 1.807) is 36.4 Å². The van der Waals surface area contributed by atoms with Crippen LogP contribution in [-0.2, 0) is 9.84 Å². The Kier molecular flexibility index (Phi) is 4.34. The van der Waals surface area contributed by atoms with Crippen molar-refractivity contribution in [3.8, 4) is 0 Å². The van der Waals surface area contributed by atoms with Gasteiger partial charge in [-0.2, -0.15) is 0 Å². The predicted octanol–water partition coefficient (Wildman–Crippen LogP) is 2.23. The van der Waals surface area contributed by atoms with Crippen LogP contribution < -0.4 is 5.73 Å². The quantitative estimate of drug-likeness (QED) is 0.665. The Morgan fingerprint density at radius 1 is 1.19 bits per heavy atom. The second-order valence-corrected chi connectivity index (χ2v) is 7.64. The molecule has 2 rings (SSSR count). The van der Waals surface area contributed by atoms with Crippen LogP contribution in [0.4, 0.5) is 0 Å². The molecule has 110 valence electrons. The molecule has 2 aromatic rings. The standard InChI is InChI=1S/C14H15N3O2S2/c1-9-3-8-12(13(15)16)14(17-9)20-10-4-6-11(7-5-10)21(2,18)19/h3-8H,1-2H3,(H3,15,16). The molecule has 0 radical (unpaired) electrons. The number of sulfone groups is 1. The minimum atomic E-state index is -3.20. The number of pyridine rings is 1. The van der Waals surface area contributed by atoms with Crippen molar-refractivity contribution in [2.45, 2.75) is 21.7 Å². The van der Waals surface area contributed by atoms with Crippen LogP contribution in [0.1, 0.15) is 11.3 Å². The van der Waals surface area contributed by atoms with Crippen LogP contribution in [0.2, 0.25) is 0 Å². The SMILES string of the molecule is Cc1ccc(C(=N)N)c(Sc2ccc(S(C)(=O)=O)cc2)n1. The van der Waals surface area contributed by atoms with Gasteiger partial charge in [-0.05, 0) is 43.3 Å². The lowest BCUT2D eigenvalue weighted by atomic mass is 10.2. The average molecular weight is 321 g/mol. The lowest BCUT2D eigenvalue weighted by molar-refractivity contribution is 0.602. The number of hydrogen-bond donors (Lipinski definition) is 2. The third kappa shape index (κ3) is 3.83. The second-order valence-electron chi connectivity index (χ2n) is 4.56. The Labute approximate surface area is 128 Å². The molecule has 0 aliphatic heterocycles. The van der Waals surface area contributed by atoms with Crippen LogP contribution in [0.25, 0.3) is 0 Å². The van der Waals surface area contributed by atoms with Crippen molar-refractivity contribution in [3.05, 3.63) is 47.7 Å². The Hall–Kier alpha value is -1.86. The Morgan fingerprint density at radius 3 is 2.33 bits per heavy atom. The summed E-state index contributed by atoms with van der Waals surface area (Å²) in [5, 5.41) is 8.21. The van der Waals surface area contributed by atoms with E-state index in [4.69, 9.17) is 11.1 Å². The molecule has 3 N–H and O–H groups in total. The first kappa shape index (κ1) is 15.5. The number of nitrogens with zero attached hydrogens (tertiary/aromatic N) is 1. The van der Waals surface area contributed by atoms with Gasteiger partial charge in [-0.3, -0.25) is 5.41 Å². The maximum Gasteiger partial charge on any atom is 0.175 e. The van der Waals surface area contributed by atoms with Crippen LogP contribution in [0.5, 0.6) is 0 Å². The third-order valence-electron chi connectivity index (χ3n) is 2.76. The Bertz CT molecular complexity index is 784. The lowest BCUT2D eigenvalue weighted by Crippen LogP contribution is -2.13. The highest BCUT2D eigenvalue weighted by Crippen LogP contribution is 2.29. The molecule has 0 spiro atoms. The maximum absolute atomic E-state index is 11.4. The van der Waals surface area contributed by atoms with E-state index in [0.29, 0.717) is 10.6 Å². The molecule has 1 aromatic carbocycles. The van der Waals surface area contributed by atoms with Crippen molar-refractivity contribution in [2.24, 2.45) is 5.73 Å². The van der Waals surface area contributed by atoms with Gasteiger partial charge in [-0.15, -0.1) is 0 Å². The molecular weight excluding hydrogens is 306 g/mol. The summed E-state index contributed by atoms with van der Waals surface area (Å²) in [7, 11) is -3.20. The first-order valence-corrected chi connectivity index (χ1v) is 8.78. The molecule has 1 heterocycles. The van der Waals surface area contributed by atoms with E-state index in [-0.39, 0.29) is 10.7 Å². The molecule has 0 fully saturated rings. The molecule has 0 amide bonds. The predicted molar refractivity (Wildman–Crippen MR) is 83.7 cm³/mol. The van der Waals surface area contributed by atoms with E-state index in [2.05, 4.69) is 4.98 Å². The van der Waals surface area contributed by atoms with Crippen LogP contribution in [-0.4, -0.2) is 25.5 Å². The number of benzene rings is 1. The smallest absolute Gasteiger partial charge is 0.175 e. The van der Waals surface area contributed by atoms with Crippen molar-refractivity contribution in [2.75, 3.05) is 6.26 Å². The highest BCUT2D eigenvalue weighted by atomic mass is 32.2. The van der Waals surface area contributed by atoms with Crippen LogP contribution in [0, 0.1) is 12.3 Å². The molecular formula is C14H15N3O2S2. The van der Waals surface area contributed by atoms with E-state index in [0.717, 1.165) is 10.6 Å². The molecule has 0 atom stereocenters. The fraction of sp³-hybridized carbons (Fsp3) is 0.143. The number of aryl methyl sites for hydroxylation is 1. The maximum atomic E-state index is 11.4. The second kappa shape index (κ2) is 5.87. The monoisotopic (exact) mass is 321 g/mol. The fourth-order valence-electron chi connectivity index (χ4n) is 1.68. The highest BCUT2D eigenvalue weighted by molar-refractivity contribution is 7.99. The molecule has 7 heteroatoms. The fourth-order valence-corrected chi connectivity index (χ4v) is 3.29. The summed E-state index contributed by atoms with van der Waals surface area (Å²) in [5.74, 6) is -0.0437. The zero-order valence-corrected chi connectivity index (χ0v) is 13.3. The van der Waals surface area contributed by atoms with Gasteiger partial charge in [0.2, 0.25) is 0 Å². The van der Waals surface area contributed by atoms with Crippen molar-refractivity contribution in [1.82, 2.24) is 4.98 Å². The minimum Gasteiger partial charge on any atom is -0.384 e. The van der Waals surface area contributed by atoms with Crippen molar-refractivity contribution >= 4 is 27.4 Å². The zero-order chi connectivity index (χ0) is 15.6. The summed E-state index contributed by atoms with van der Waals surface area (Å²) in [6.45, 7) is 1.86. The molecule has 0 saturated heterocycles. The van der Waals surface area contributed by atoms with Gasteiger partial charge in [0.05, 0.1) is 4.90 Å². The number of rotatable bonds is 4. The molecule has 0 saturated carbocycles. The number of hydrogen-bond acceptors (Lipinski definition) is 5. The van der Waals surface area contributed by atoms with E-state index < -0.39 is 9.84 Å². The number of aromatic nitrogens is 1. The minimum absolute atomic E-state index is 0.0437. The Morgan fingerprint density at radius 2 is 1.81 bits per heavy atom. The average Bonchev–Trinajstić information content (AvgIpc) is 2.38. The first-order chi connectivity index (χ1) is 9.77. The van der Waals surface area contributed by atoms with E-state index >= 15 is 0 Å². The summed E-state index contributed by atoms with van der Waals surface area (Å²) in [4.78, 5) is 5.49. The number of nitrogens with two attached hydrogens (primary N) is 1. The largest absolute Gasteiger partial charge is 0.384 e. The van der Waals surface area contributed by atoms with Gasteiger partial charge < -0.3 is 5.73 Å². The lowest BCUT2D eigenvalue weighted by Gasteiger charge is -2.08. The Balaban J connectivity index is 2.34. The van der Waals surface area contributed by atoms with Crippen LogP contribution in [0.3, 0.4) is 0 Å². The molecule has 0 aliphatic carbocycles. The topological polar surface area (TPSA) is 96.9 Å². The highest BCUT2D eigenvalue weighted by Gasteiger charge is 2.11. The molecule has 0 bridgehead atoms. The van der Waals surface area contributed by atoms with Crippen molar-refractivity contribution < 1.29 is 8.42 Å². The van der Waals surface area contributed by atoms with Crippen LogP contribution >= 0.6 is 11.8 Å². The van der Waals surface area contributed by atoms with Crippen molar-refractivity contribution in [3.63, 3.8) is 0 Å². The van der Waals surface area contributed by atoms with Crippen molar-refractivity contribution in [1.29, 1.82) is 5.41 Å². The van der Waals surface area contributed by atoms with E-state index in [9.17, 15) is 8.42 Å². The molecule has 21 heavy (non-hydrogen) atoms. The van der Waals surface area contributed by atoms with E-state index in [1.807, 2.05) is 6.92 Å². The first-order valence-electron chi connectivity index (χ1n) is 6.07. The van der Waals surface area contributed by atoms with Gasteiger partial charge in [0.25, 0.3) is 0 Å². The van der Waals surface area contributed by atoms with Crippen LogP contribution in [0.15, 0.2) is 51.2 Å². The summed E-state index contributed by atoms with van der Waals surface area (Å²) < 4.78 is 22.9. The summed E-state index contributed by atoms with van der Waals surface area (Å²) >= 11 is 1.35.